The molecule has 1 rings (SSSR count). The van der Waals surface area contributed by atoms with E-state index in [-0.39, 0.29) is 5.69 Å². The summed E-state index contributed by atoms with van der Waals surface area (Å²) in [5.74, 6) is 0.455. The molecule has 1 amide bonds. The highest BCUT2D eigenvalue weighted by molar-refractivity contribution is 5.73. The monoisotopic (exact) mass is 240 g/mol. The Morgan fingerprint density at radius 1 is 1.59 bits per heavy atom. The van der Waals surface area contributed by atoms with Crippen molar-refractivity contribution in [3.05, 3.63) is 17.8 Å². The van der Waals surface area contributed by atoms with Crippen LogP contribution in [0.4, 0.5) is 4.79 Å². The number of ether oxygens (including phenoxy) is 1. The predicted molar refractivity (Wildman–Crippen MR) is 59.8 cm³/mol. The average molecular weight is 240 g/mol. The van der Waals surface area contributed by atoms with Gasteiger partial charge in [-0.3, -0.25) is 4.79 Å². The second-order valence-corrected chi connectivity index (χ2v) is 4.46. The van der Waals surface area contributed by atoms with Crippen LogP contribution in [-0.2, 0) is 11.2 Å². The summed E-state index contributed by atoms with van der Waals surface area (Å²) in [6.45, 7) is 5.68. The molecular weight excluding hydrogens is 224 g/mol. The van der Waals surface area contributed by atoms with Crippen molar-refractivity contribution in [3.63, 3.8) is 0 Å². The molecule has 0 fully saturated rings. The van der Waals surface area contributed by atoms with Crippen LogP contribution in [0.1, 0.15) is 37.0 Å². The summed E-state index contributed by atoms with van der Waals surface area (Å²) in [7, 11) is 0. The summed E-state index contributed by atoms with van der Waals surface area (Å²) >= 11 is 0. The van der Waals surface area contributed by atoms with Gasteiger partial charge in [0.05, 0.1) is 0 Å². The maximum absolute atomic E-state index is 11.3. The molecule has 6 nitrogen and oxygen atoms in total. The number of hydrogen-bond donors (Lipinski definition) is 1. The van der Waals surface area contributed by atoms with Crippen molar-refractivity contribution in [2.75, 3.05) is 6.54 Å². The van der Waals surface area contributed by atoms with Crippen LogP contribution in [0, 0.1) is 0 Å². The number of carbonyl (C=O) groups is 2. The minimum atomic E-state index is -0.524. The lowest BCUT2D eigenvalue weighted by Gasteiger charge is -2.19. The normalized spacial score (nSPS) is 11.0. The van der Waals surface area contributed by atoms with Gasteiger partial charge in [0, 0.05) is 13.0 Å². The summed E-state index contributed by atoms with van der Waals surface area (Å²) < 4.78 is 10.1. The van der Waals surface area contributed by atoms with Crippen LogP contribution >= 0.6 is 0 Å². The first-order valence-electron chi connectivity index (χ1n) is 5.27. The van der Waals surface area contributed by atoms with Crippen molar-refractivity contribution in [1.29, 1.82) is 0 Å². The van der Waals surface area contributed by atoms with E-state index in [0.29, 0.717) is 25.0 Å². The van der Waals surface area contributed by atoms with Crippen LogP contribution in [0.15, 0.2) is 10.8 Å². The maximum Gasteiger partial charge on any atom is 0.407 e. The molecule has 0 atom stereocenters. The minimum absolute atomic E-state index is 0.260. The zero-order chi connectivity index (χ0) is 12.9. The molecular formula is C11H16N2O4. The number of nitrogens with one attached hydrogen (secondary N) is 1. The van der Waals surface area contributed by atoms with Crippen molar-refractivity contribution in [1.82, 2.24) is 10.3 Å². The number of hydrogen-bond acceptors (Lipinski definition) is 5. The second-order valence-electron chi connectivity index (χ2n) is 4.46. The molecule has 0 aliphatic carbocycles. The van der Waals surface area contributed by atoms with Crippen LogP contribution in [0.5, 0.6) is 0 Å². The molecule has 0 saturated heterocycles. The SMILES string of the molecule is CC(C)(C)OC(=O)NCCc1ocnc1C=O. The lowest BCUT2D eigenvalue weighted by Crippen LogP contribution is -2.33. The lowest BCUT2D eigenvalue weighted by atomic mass is 10.2. The molecule has 0 aliphatic heterocycles. The van der Waals surface area contributed by atoms with Crippen molar-refractivity contribution in [3.8, 4) is 0 Å². The van der Waals surface area contributed by atoms with E-state index in [2.05, 4.69) is 10.3 Å². The molecule has 0 aliphatic rings. The van der Waals surface area contributed by atoms with Crippen LogP contribution in [0.3, 0.4) is 0 Å². The zero-order valence-corrected chi connectivity index (χ0v) is 10.1. The molecule has 0 spiro atoms. The Morgan fingerprint density at radius 2 is 2.29 bits per heavy atom. The van der Waals surface area contributed by atoms with Crippen LogP contribution < -0.4 is 5.32 Å². The Labute approximate surface area is 99.4 Å². The van der Waals surface area contributed by atoms with Crippen LogP contribution in [0.2, 0.25) is 0 Å². The molecule has 1 aromatic heterocycles. The Bertz CT molecular complexity index is 392. The third-order valence-electron chi connectivity index (χ3n) is 1.80. The fourth-order valence-electron chi connectivity index (χ4n) is 1.15. The van der Waals surface area contributed by atoms with Crippen molar-refractivity contribution >= 4 is 12.4 Å². The van der Waals surface area contributed by atoms with Gasteiger partial charge in [0.15, 0.2) is 12.7 Å². The number of alkyl carbamates (subject to hydrolysis) is 1. The summed E-state index contributed by atoms with van der Waals surface area (Å²) in [6, 6.07) is 0. The Morgan fingerprint density at radius 3 is 2.88 bits per heavy atom. The highest BCUT2D eigenvalue weighted by atomic mass is 16.6. The number of aldehydes is 1. The van der Waals surface area contributed by atoms with Gasteiger partial charge < -0.3 is 14.5 Å². The van der Waals surface area contributed by atoms with Gasteiger partial charge in [-0.15, -0.1) is 0 Å². The highest BCUT2D eigenvalue weighted by Crippen LogP contribution is 2.07. The molecule has 0 radical (unpaired) electrons. The smallest absolute Gasteiger partial charge is 0.407 e. The minimum Gasteiger partial charge on any atom is -0.448 e. The first-order chi connectivity index (χ1) is 7.92. The molecule has 1 heterocycles. The van der Waals surface area contributed by atoms with Gasteiger partial charge in [0.25, 0.3) is 0 Å². The number of aromatic nitrogens is 1. The van der Waals surface area contributed by atoms with Gasteiger partial charge in [-0.25, -0.2) is 9.78 Å². The van der Waals surface area contributed by atoms with E-state index in [1.165, 1.54) is 6.39 Å². The number of nitrogens with zero attached hydrogens (tertiary/aromatic N) is 1. The van der Waals surface area contributed by atoms with Gasteiger partial charge in [-0.05, 0) is 20.8 Å². The van der Waals surface area contributed by atoms with Gasteiger partial charge >= 0.3 is 6.09 Å². The van der Waals surface area contributed by atoms with E-state index in [9.17, 15) is 9.59 Å². The van der Waals surface area contributed by atoms with Crippen molar-refractivity contribution in [2.45, 2.75) is 32.8 Å². The molecule has 1 aromatic rings. The number of oxazole rings is 1. The Kier molecular flexibility index (Phi) is 4.25. The van der Waals surface area contributed by atoms with E-state index < -0.39 is 11.7 Å². The quantitative estimate of drug-likeness (QED) is 0.807. The molecule has 0 unspecified atom stereocenters. The van der Waals surface area contributed by atoms with E-state index in [4.69, 9.17) is 9.15 Å². The average Bonchev–Trinajstić information content (AvgIpc) is 2.62. The third kappa shape index (κ3) is 4.67. The van der Waals surface area contributed by atoms with E-state index in [1.807, 2.05) is 0 Å². The molecule has 94 valence electrons. The molecule has 1 N–H and O–H groups in total. The molecule has 17 heavy (non-hydrogen) atoms. The third-order valence-corrected chi connectivity index (χ3v) is 1.80. The van der Waals surface area contributed by atoms with E-state index in [0.717, 1.165) is 0 Å². The van der Waals surface area contributed by atoms with Gasteiger partial charge in [-0.1, -0.05) is 0 Å². The number of amides is 1. The summed E-state index contributed by atoms with van der Waals surface area (Å²) in [4.78, 5) is 25.5. The Balaban J connectivity index is 2.33. The lowest BCUT2D eigenvalue weighted by molar-refractivity contribution is 0.0528. The fourth-order valence-corrected chi connectivity index (χ4v) is 1.15. The van der Waals surface area contributed by atoms with E-state index >= 15 is 0 Å². The van der Waals surface area contributed by atoms with Crippen LogP contribution in [-0.4, -0.2) is 29.5 Å². The molecule has 0 aromatic carbocycles. The van der Waals surface area contributed by atoms with Crippen LogP contribution in [0.25, 0.3) is 0 Å². The van der Waals surface area contributed by atoms with Crippen molar-refractivity contribution in [2.24, 2.45) is 0 Å². The first kappa shape index (κ1) is 13.2. The predicted octanol–water partition coefficient (Wildman–Crippen LogP) is 1.55. The molecule has 6 heteroatoms. The zero-order valence-electron chi connectivity index (χ0n) is 10.1. The second kappa shape index (κ2) is 5.47. The standard InChI is InChI=1S/C11H16N2O4/c1-11(2,3)17-10(15)12-5-4-9-8(6-14)13-7-16-9/h6-7H,4-5H2,1-3H3,(H,12,15). The first-order valence-corrected chi connectivity index (χ1v) is 5.27. The van der Waals surface area contributed by atoms with Crippen molar-refractivity contribution < 1.29 is 18.7 Å². The Hall–Kier alpha value is -1.85. The fraction of sp³-hybridized carbons (Fsp3) is 0.545. The summed E-state index contributed by atoms with van der Waals surface area (Å²) in [5, 5.41) is 2.56. The van der Waals surface area contributed by atoms with E-state index in [1.54, 1.807) is 20.8 Å². The molecule has 0 bridgehead atoms. The van der Waals surface area contributed by atoms with Gasteiger partial charge in [0.2, 0.25) is 0 Å². The summed E-state index contributed by atoms with van der Waals surface area (Å²) in [5.41, 5.74) is -0.263. The maximum atomic E-state index is 11.3. The topological polar surface area (TPSA) is 81.4 Å². The number of rotatable bonds is 4. The molecule has 0 saturated carbocycles. The largest absolute Gasteiger partial charge is 0.448 e. The van der Waals surface area contributed by atoms with Gasteiger partial charge in [0.1, 0.15) is 17.1 Å². The van der Waals surface area contributed by atoms with Gasteiger partial charge in [-0.2, -0.15) is 0 Å². The summed E-state index contributed by atoms with van der Waals surface area (Å²) in [6.07, 6.45) is 1.72. The highest BCUT2D eigenvalue weighted by Gasteiger charge is 2.16. The number of carbonyl (C=O) groups excluding carboxylic acids is 2.